The summed E-state index contributed by atoms with van der Waals surface area (Å²) in [5.74, 6) is 0. The van der Waals surface area contributed by atoms with Crippen molar-refractivity contribution >= 4 is 0 Å². The van der Waals surface area contributed by atoms with Crippen LogP contribution in [0.2, 0.25) is 0 Å². The third-order valence-corrected chi connectivity index (χ3v) is 1.28. The summed E-state index contributed by atoms with van der Waals surface area (Å²) in [5.41, 5.74) is 0. The van der Waals surface area contributed by atoms with Crippen LogP contribution in [0.5, 0.6) is 0 Å². The first-order valence-corrected chi connectivity index (χ1v) is 3.64. The third kappa shape index (κ3) is 5.57. The summed E-state index contributed by atoms with van der Waals surface area (Å²) in [5, 5.41) is 9.03. The lowest BCUT2D eigenvalue weighted by molar-refractivity contribution is 0.173. The van der Waals surface area contributed by atoms with E-state index < -0.39 is 0 Å². The molecule has 0 saturated carbocycles. The second-order valence-corrected chi connectivity index (χ2v) is 2.18. The predicted molar refractivity (Wildman–Crippen MR) is 40.3 cm³/mol. The summed E-state index contributed by atoms with van der Waals surface area (Å²) < 4.78 is 0. The zero-order valence-corrected chi connectivity index (χ0v) is 6.30. The average molecular weight is 128 g/mol. The fourth-order valence-corrected chi connectivity index (χ4v) is 0.587. The summed E-state index contributed by atoms with van der Waals surface area (Å²) in [6, 6.07) is 0. The fraction of sp³-hybridized carbons (Fsp3) is 0.750. The van der Waals surface area contributed by atoms with E-state index in [2.05, 4.69) is 13.0 Å². The minimum absolute atomic E-state index is 0.132. The molecular weight excluding hydrogens is 112 g/mol. The van der Waals surface area contributed by atoms with E-state index in [0.717, 1.165) is 19.3 Å². The van der Waals surface area contributed by atoms with Crippen molar-refractivity contribution in [3.8, 4) is 0 Å². The molecule has 9 heavy (non-hydrogen) atoms. The number of aliphatic hydroxyl groups is 1. The highest BCUT2D eigenvalue weighted by molar-refractivity contribution is 4.82. The lowest BCUT2D eigenvalue weighted by Gasteiger charge is -2.00. The monoisotopic (exact) mass is 128 g/mol. The molecular formula is C8H16O. The molecule has 0 spiro atoms. The van der Waals surface area contributed by atoms with E-state index in [9.17, 15) is 0 Å². The van der Waals surface area contributed by atoms with Crippen LogP contribution in [0.4, 0.5) is 0 Å². The molecule has 1 unspecified atom stereocenters. The van der Waals surface area contributed by atoms with Crippen molar-refractivity contribution < 1.29 is 5.11 Å². The maximum atomic E-state index is 9.03. The molecule has 0 amide bonds. The van der Waals surface area contributed by atoms with E-state index in [4.69, 9.17) is 5.11 Å². The molecule has 1 nitrogen and oxygen atoms in total. The van der Waals surface area contributed by atoms with Gasteiger partial charge in [-0.05, 0) is 19.3 Å². The molecule has 0 aliphatic heterocycles. The summed E-state index contributed by atoms with van der Waals surface area (Å²) in [6.07, 6.45) is 6.72. The summed E-state index contributed by atoms with van der Waals surface area (Å²) >= 11 is 0. The molecule has 1 heteroatoms. The van der Waals surface area contributed by atoms with Crippen molar-refractivity contribution in [2.75, 3.05) is 0 Å². The van der Waals surface area contributed by atoms with E-state index in [1.807, 2.05) is 13.0 Å². The molecule has 1 atom stereocenters. The Hall–Kier alpha value is -0.300. The number of hydrogen-bond acceptors (Lipinski definition) is 1. The SMILES string of the molecule is CC/C=C\CC(O)CC. The van der Waals surface area contributed by atoms with Crippen molar-refractivity contribution in [3.63, 3.8) is 0 Å². The molecule has 0 aliphatic carbocycles. The molecule has 0 fully saturated rings. The topological polar surface area (TPSA) is 20.2 Å². The first-order valence-electron chi connectivity index (χ1n) is 3.64. The number of rotatable bonds is 4. The molecule has 0 bridgehead atoms. The van der Waals surface area contributed by atoms with Gasteiger partial charge in [-0.15, -0.1) is 0 Å². The highest BCUT2D eigenvalue weighted by atomic mass is 16.3. The Morgan fingerprint density at radius 3 is 2.44 bits per heavy atom. The highest BCUT2D eigenvalue weighted by Gasteiger charge is 1.93. The second kappa shape index (κ2) is 5.83. The van der Waals surface area contributed by atoms with E-state index in [-0.39, 0.29) is 6.10 Å². The fourth-order valence-electron chi connectivity index (χ4n) is 0.587. The van der Waals surface area contributed by atoms with Crippen molar-refractivity contribution in [2.24, 2.45) is 0 Å². The molecule has 0 rings (SSSR count). The standard InChI is InChI=1S/C8H16O/c1-3-5-6-7-8(9)4-2/h5-6,8-9H,3-4,7H2,1-2H3/b6-5-. The lowest BCUT2D eigenvalue weighted by atomic mass is 10.2. The Bertz CT molecular complexity index is 76.6. The minimum atomic E-state index is -0.132. The molecule has 0 aromatic rings. The molecule has 0 aromatic heterocycles. The van der Waals surface area contributed by atoms with Gasteiger partial charge in [-0.25, -0.2) is 0 Å². The van der Waals surface area contributed by atoms with Crippen LogP contribution >= 0.6 is 0 Å². The molecule has 0 saturated heterocycles. The minimum Gasteiger partial charge on any atom is -0.393 e. The van der Waals surface area contributed by atoms with Gasteiger partial charge in [-0.2, -0.15) is 0 Å². The second-order valence-electron chi connectivity index (χ2n) is 2.18. The van der Waals surface area contributed by atoms with Gasteiger partial charge in [-0.3, -0.25) is 0 Å². The first kappa shape index (κ1) is 8.70. The Morgan fingerprint density at radius 2 is 2.00 bits per heavy atom. The van der Waals surface area contributed by atoms with Gasteiger partial charge in [0.2, 0.25) is 0 Å². The van der Waals surface area contributed by atoms with Crippen LogP contribution in [0.1, 0.15) is 33.1 Å². The lowest BCUT2D eigenvalue weighted by Crippen LogP contribution is -2.00. The molecule has 54 valence electrons. The van der Waals surface area contributed by atoms with Gasteiger partial charge < -0.3 is 5.11 Å². The van der Waals surface area contributed by atoms with Crippen LogP contribution in [0.25, 0.3) is 0 Å². The Labute approximate surface area is 57.4 Å². The van der Waals surface area contributed by atoms with Gasteiger partial charge in [-0.1, -0.05) is 26.0 Å². The van der Waals surface area contributed by atoms with Crippen LogP contribution < -0.4 is 0 Å². The van der Waals surface area contributed by atoms with Crippen LogP contribution in [-0.2, 0) is 0 Å². The average Bonchev–Trinajstić information content (AvgIpc) is 1.89. The number of allylic oxidation sites excluding steroid dienone is 1. The van der Waals surface area contributed by atoms with E-state index in [1.54, 1.807) is 0 Å². The maximum absolute atomic E-state index is 9.03. The number of hydrogen-bond donors (Lipinski definition) is 1. The van der Waals surface area contributed by atoms with E-state index in [1.165, 1.54) is 0 Å². The molecule has 0 aliphatic rings. The van der Waals surface area contributed by atoms with Gasteiger partial charge in [0.15, 0.2) is 0 Å². The molecule has 0 aromatic carbocycles. The van der Waals surface area contributed by atoms with Crippen molar-refractivity contribution in [1.29, 1.82) is 0 Å². The van der Waals surface area contributed by atoms with Gasteiger partial charge in [0.1, 0.15) is 0 Å². The quantitative estimate of drug-likeness (QED) is 0.575. The van der Waals surface area contributed by atoms with Crippen molar-refractivity contribution in [2.45, 2.75) is 39.2 Å². The number of aliphatic hydroxyl groups excluding tert-OH is 1. The summed E-state index contributed by atoms with van der Waals surface area (Å²) in [6.45, 7) is 4.08. The zero-order valence-electron chi connectivity index (χ0n) is 6.30. The van der Waals surface area contributed by atoms with Gasteiger partial charge in [0, 0.05) is 0 Å². The summed E-state index contributed by atoms with van der Waals surface area (Å²) in [7, 11) is 0. The Balaban J connectivity index is 3.15. The normalized spacial score (nSPS) is 14.6. The Kier molecular flexibility index (Phi) is 5.64. The van der Waals surface area contributed by atoms with Gasteiger partial charge in [0.25, 0.3) is 0 Å². The van der Waals surface area contributed by atoms with Crippen LogP contribution in [0.3, 0.4) is 0 Å². The van der Waals surface area contributed by atoms with Gasteiger partial charge >= 0.3 is 0 Å². The molecule has 0 radical (unpaired) electrons. The molecule has 0 heterocycles. The summed E-state index contributed by atoms with van der Waals surface area (Å²) in [4.78, 5) is 0. The van der Waals surface area contributed by atoms with Gasteiger partial charge in [0.05, 0.1) is 6.10 Å². The van der Waals surface area contributed by atoms with Crippen LogP contribution in [0, 0.1) is 0 Å². The maximum Gasteiger partial charge on any atom is 0.0572 e. The van der Waals surface area contributed by atoms with E-state index >= 15 is 0 Å². The zero-order chi connectivity index (χ0) is 7.11. The molecule has 1 N–H and O–H groups in total. The van der Waals surface area contributed by atoms with Crippen molar-refractivity contribution in [1.82, 2.24) is 0 Å². The first-order chi connectivity index (χ1) is 4.31. The van der Waals surface area contributed by atoms with Crippen molar-refractivity contribution in [3.05, 3.63) is 12.2 Å². The van der Waals surface area contributed by atoms with Crippen LogP contribution in [0.15, 0.2) is 12.2 Å². The largest absolute Gasteiger partial charge is 0.393 e. The third-order valence-electron chi connectivity index (χ3n) is 1.28. The highest BCUT2D eigenvalue weighted by Crippen LogP contribution is 1.97. The smallest absolute Gasteiger partial charge is 0.0572 e. The van der Waals surface area contributed by atoms with E-state index in [0.29, 0.717) is 0 Å². The Morgan fingerprint density at radius 1 is 1.33 bits per heavy atom. The predicted octanol–water partition coefficient (Wildman–Crippen LogP) is 2.11. The van der Waals surface area contributed by atoms with Crippen LogP contribution in [-0.4, -0.2) is 11.2 Å².